The number of aliphatic hydroxyl groups excluding tert-OH is 1. The van der Waals surface area contributed by atoms with Crippen LogP contribution in [0.5, 0.6) is 0 Å². The van der Waals surface area contributed by atoms with E-state index in [1.54, 1.807) is 0 Å². The molecule has 0 spiro atoms. The zero-order chi connectivity index (χ0) is 15.0. The number of fused-ring (bicyclic) bond motifs is 1. The minimum atomic E-state index is -0.319. The second kappa shape index (κ2) is 5.58. The van der Waals surface area contributed by atoms with E-state index in [1.165, 1.54) is 0 Å². The quantitative estimate of drug-likeness (QED) is 0.832. The number of hydrogen-bond acceptors (Lipinski definition) is 4. The van der Waals surface area contributed by atoms with Crippen LogP contribution in [-0.4, -0.2) is 34.3 Å². The number of thiocarbonyl (C=S) groups is 1. The topological polar surface area (TPSA) is 62.4 Å². The fourth-order valence-electron chi connectivity index (χ4n) is 2.78. The Kier molecular flexibility index (Phi) is 3.78. The Balaban J connectivity index is 2.05. The SMILES string of the molecule is CC1CCN(c2cc(C(N)=S)c3ccccc3n2)CC1O. The fraction of sp³-hybridized carbons (Fsp3) is 0.375. The lowest BCUT2D eigenvalue weighted by Gasteiger charge is -2.35. The van der Waals surface area contributed by atoms with Gasteiger partial charge < -0.3 is 15.7 Å². The molecular weight excluding hydrogens is 282 g/mol. The summed E-state index contributed by atoms with van der Waals surface area (Å²) in [6.07, 6.45) is 0.637. The number of pyridine rings is 1. The van der Waals surface area contributed by atoms with Crippen LogP contribution < -0.4 is 10.6 Å². The molecule has 1 saturated heterocycles. The molecule has 3 N–H and O–H groups in total. The van der Waals surface area contributed by atoms with Crippen LogP contribution in [0.4, 0.5) is 5.82 Å². The second-order valence-electron chi connectivity index (χ2n) is 5.69. The van der Waals surface area contributed by atoms with Gasteiger partial charge in [0.2, 0.25) is 0 Å². The third kappa shape index (κ3) is 2.71. The van der Waals surface area contributed by atoms with Crippen molar-refractivity contribution in [2.75, 3.05) is 18.0 Å². The first kappa shape index (κ1) is 14.2. The first-order valence-corrected chi connectivity index (χ1v) is 7.59. The van der Waals surface area contributed by atoms with E-state index in [9.17, 15) is 5.11 Å². The van der Waals surface area contributed by atoms with E-state index in [0.717, 1.165) is 35.2 Å². The molecule has 4 nitrogen and oxygen atoms in total. The van der Waals surface area contributed by atoms with Gasteiger partial charge in [-0.2, -0.15) is 0 Å². The molecular formula is C16H19N3OS. The van der Waals surface area contributed by atoms with Crippen LogP contribution in [0.2, 0.25) is 0 Å². The van der Waals surface area contributed by atoms with Crippen LogP contribution in [0.25, 0.3) is 10.9 Å². The van der Waals surface area contributed by atoms with Crippen molar-refractivity contribution in [1.29, 1.82) is 0 Å². The number of nitrogens with zero attached hydrogens (tertiary/aromatic N) is 2. The number of rotatable bonds is 2. The molecule has 1 aliphatic rings. The van der Waals surface area contributed by atoms with Gasteiger partial charge in [0, 0.05) is 24.0 Å². The van der Waals surface area contributed by atoms with Crippen molar-refractivity contribution in [2.45, 2.75) is 19.4 Å². The molecule has 1 aliphatic heterocycles. The Bertz CT molecular complexity index is 688. The Morgan fingerprint density at radius 1 is 1.43 bits per heavy atom. The van der Waals surface area contributed by atoms with E-state index < -0.39 is 0 Å². The largest absolute Gasteiger partial charge is 0.391 e. The summed E-state index contributed by atoms with van der Waals surface area (Å²) in [7, 11) is 0. The van der Waals surface area contributed by atoms with Crippen LogP contribution in [0, 0.1) is 5.92 Å². The molecule has 1 aromatic heterocycles. The van der Waals surface area contributed by atoms with Crippen LogP contribution in [0.1, 0.15) is 18.9 Å². The number of piperidine rings is 1. The van der Waals surface area contributed by atoms with Crippen LogP contribution in [0.3, 0.4) is 0 Å². The van der Waals surface area contributed by atoms with Gasteiger partial charge in [-0.25, -0.2) is 4.98 Å². The number of aromatic nitrogens is 1. The van der Waals surface area contributed by atoms with E-state index in [2.05, 4.69) is 11.8 Å². The van der Waals surface area contributed by atoms with Crippen LogP contribution in [-0.2, 0) is 0 Å². The van der Waals surface area contributed by atoms with E-state index in [1.807, 2.05) is 30.3 Å². The monoisotopic (exact) mass is 301 g/mol. The van der Waals surface area contributed by atoms with Crippen LogP contribution >= 0.6 is 12.2 Å². The van der Waals surface area contributed by atoms with Gasteiger partial charge in [-0.3, -0.25) is 0 Å². The molecule has 0 aliphatic carbocycles. The van der Waals surface area contributed by atoms with Crippen molar-refractivity contribution >= 4 is 33.9 Å². The van der Waals surface area contributed by atoms with Crippen molar-refractivity contribution in [3.63, 3.8) is 0 Å². The summed E-state index contributed by atoms with van der Waals surface area (Å²) < 4.78 is 0. The maximum atomic E-state index is 10.1. The molecule has 0 amide bonds. The number of nitrogens with two attached hydrogens (primary N) is 1. The number of β-amino-alcohol motifs (C(OH)–C–C–N with tert-alkyl or cyclic N) is 1. The van der Waals surface area contributed by atoms with Gasteiger partial charge in [-0.15, -0.1) is 0 Å². The Morgan fingerprint density at radius 3 is 2.90 bits per heavy atom. The fourth-order valence-corrected chi connectivity index (χ4v) is 2.95. The molecule has 0 bridgehead atoms. The standard InChI is InChI=1S/C16H19N3OS/c1-10-6-7-19(9-14(10)20)15-8-12(16(17)21)11-4-2-3-5-13(11)18-15/h2-5,8,10,14,20H,6-7,9H2,1H3,(H2,17,21). The number of benzene rings is 1. The minimum absolute atomic E-state index is 0.319. The summed E-state index contributed by atoms with van der Waals surface area (Å²) in [5.41, 5.74) is 7.59. The number of anilines is 1. The maximum Gasteiger partial charge on any atom is 0.130 e. The summed E-state index contributed by atoms with van der Waals surface area (Å²) in [6.45, 7) is 3.57. The lowest BCUT2D eigenvalue weighted by atomic mass is 9.96. The molecule has 3 rings (SSSR count). The van der Waals surface area contributed by atoms with E-state index >= 15 is 0 Å². The van der Waals surface area contributed by atoms with Gasteiger partial charge in [0.1, 0.15) is 10.8 Å². The summed E-state index contributed by atoms with van der Waals surface area (Å²) >= 11 is 5.17. The predicted molar refractivity (Wildman–Crippen MR) is 89.6 cm³/mol. The molecule has 2 atom stereocenters. The van der Waals surface area contributed by atoms with Gasteiger partial charge in [0.15, 0.2) is 0 Å². The highest BCUT2D eigenvalue weighted by molar-refractivity contribution is 7.80. The van der Waals surface area contributed by atoms with E-state index in [-0.39, 0.29) is 6.10 Å². The smallest absolute Gasteiger partial charge is 0.130 e. The predicted octanol–water partition coefficient (Wildman–Crippen LogP) is 2.08. The molecule has 0 radical (unpaired) electrons. The third-order valence-electron chi connectivity index (χ3n) is 4.21. The molecule has 2 aromatic rings. The van der Waals surface area contributed by atoms with Gasteiger partial charge in [0.25, 0.3) is 0 Å². The molecule has 110 valence electrons. The summed E-state index contributed by atoms with van der Waals surface area (Å²) in [5, 5.41) is 11.1. The van der Waals surface area contributed by atoms with Crippen molar-refractivity contribution in [3.8, 4) is 0 Å². The minimum Gasteiger partial charge on any atom is -0.391 e. The lowest BCUT2D eigenvalue weighted by Crippen LogP contribution is -2.43. The van der Waals surface area contributed by atoms with E-state index in [4.69, 9.17) is 22.9 Å². The maximum absolute atomic E-state index is 10.1. The number of hydrogen-bond donors (Lipinski definition) is 2. The summed E-state index contributed by atoms with van der Waals surface area (Å²) in [5.74, 6) is 1.17. The molecule has 2 heterocycles. The van der Waals surface area contributed by atoms with Gasteiger partial charge in [-0.1, -0.05) is 37.3 Å². The first-order valence-electron chi connectivity index (χ1n) is 7.19. The van der Waals surface area contributed by atoms with Gasteiger partial charge in [0.05, 0.1) is 11.6 Å². The average molecular weight is 301 g/mol. The molecule has 21 heavy (non-hydrogen) atoms. The summed E-state index contributed by atoms with van der Waals surface area (Å²) in [6, 6.07) is 9.79. The highest BCUT2D eigenvalue weighted by Crippen LogP contribution is 2.26. The van der Waals surface area contributed by atoms with Crippen LogP contribution in [0.15, 0.2) is 30.3 Å². The second-order valence-corrected chi connectivity index (χ2v) is 6.13. The number of para-hydroxylation sites is 1. The molecule has 1 aromatic carbocycles. The van der Waals surface area contributed by atoms with Gasteiger partial charge >= 0.3 is 0 Å². The lowest BCUT2D eigenvalue weighted by molar-refractivity contribution is 0.102. The highest BCUT2D eigenvalue weighted by Gasteiger charge is 2.25. The van der Waals surface area contributed by atoms with Crippen molar-refractivity contribution in [3.05, 3.63) is 35.9 Å². The van der Waals surface area contributed by atoms with E-state index in [0.29, 0.717) is 17.5 Å². The Labute approximate surface area is 129 Å². The zero-order valence-corrected chi connectivity index (χ0v) is 12.8. The molecule has 0 saturated carbocycles. The first-order chi connectivity index (χ1) is 10.1. The van der Waals surface area contributed by atoms with Crippen molar-refractivity contribution < 1.29 is 5.11 Å². The normalized spacial score (nSPS) is 22.5. The van der Waals surface area contributed by atoms with Gasteiger partial charge in [-0.05, 0) is 24.5 Å². The Hall–Kier alpha value is -1.72. The Morgan fingerprint density at radius 2 is 2.19 bits per heavy atom. The zero-order valence-electron chi connectivity index (χ0n) is 12.0. The molecule has 1 fully saturated rings. The average Bonchev–Trinajstić information content (AvgIpc) is 2.48. The number of aliphatic hydroxyl groups is 1. The summed E-state index contributed by atoms with van der Waals surface area (Å²) in [4.78, 5) is 7.19. The molecule has 2 unspecified atom stereocenters. The highest BCUT2D eigenvalue weighted by atomic mass is 32.1. The third-order valence-corrected chi connectivity index (χ3v) is 4.43. The molecule has 5 heteroatoms. The van der Waals surface area contributed by atoms with Crippen molar-refractivity contribution in [2.24, 2.45) is 11.7 Å². The van der Waals surface area contributed by atoms with Crippen molar-refractivity contribution in [1.82, 2.24) is 4.98 Å².